The molecule has 3 unspecified atom stereocenters. The van der Waals surface area contributed by atoms with Crippen molar-refractivity contribution in [3.63, 3.8) is 0 Å². The van der Waals surface area contributed by atoms with Gasteiger partial charge in [0.15, 0.2) is 0 Å². The SMILES string of the molecule is CC/C=C\C/C=C\C/C=C\C/C=C\C/C=C\C/C=C\C/C=C\C/C=C\C/C=C\C/C=C\C/C=C\C/C=C\CCCCCCC(=O)NC(COP(=O)([O-])OCC[N+](C)(C)C)C(O)/C=C/CCCCCCCCCCCCCCCCCCCCCC. The zero-order valence-electron chi connectivity index (χ0n) is 55.2. The van der Waals surface area contributed by atoms with Gasteiger partial charge in [-0.2, -0.15) is 0 Å². The number of phosphoric acid groups is 1. The topological polar surface area (TPSA) is 108 Å². The fraction of sp³-hybridized carbons (Fsp3) is 0.645. The van der Waals surface area contributed by atoms with E-state index in [1.54, 1.807) is 6.08 Å². The van der Waals surface area contributed by atoms with Gasteiger partial charge >= 0.3 is 0 Å². The summed E-state index contributed by atoms with van der Waals surface area (Å²) in [6.07, 6.45) is 101. The Labute approximate surface area is 524 Å². The van der Waals surface area contributed by atoms with Crippen LogP contribution in [0.4, 0.5) is 0 Å². The van der Waals surface area contributed by atoms with Gasteiger partial charge in [0.25, 0.3) is 7.82 Å². The van der Waals surface area contributed by atoms with Crippen LogP contribution < -0.4 is 10.2 Å². The Morgan fingerprint density at radius 3 is 1.05 bits per heavy atom. The second-order valence-electron chi connectivity index (χ2n) is 23.8. The molecular weight excluding hydrogens is 1070 g/mol. The molecule has 0 aromatic carbocycles. The zero-order chi connectivity index (χ0) is 61.9. The molecule has 0 spiro atoms. The van der Waals surface area contributed by atoms with Crippen LogP contribution in [0, 0.1) is 0 Å². The number of nitrogens with one attached hydrogen (secondary N) is 1. The molecule has 0 bridgehead atoms. The van der Waals surface area contributed by atoms with Gasteiger partial charge in [-0.3, -0.25) is 9.36 Å². The third-order valence-electron chi connectivity index (χ3n) is 14.5. The Bertz CT molecular complexity index is 1940. The summed E-state index contributed by atoms with van der Waals surface area (Å²) in [5.74, 6) is -0.226. The predicted molar refractivity (Wildman–Crippen MR) is 371 cm³/mol. The highest BCUT2D eigenvalue weighted by atomic mass is 31.2. The number of likely N-dealkylation sites (N-methyl/N-ethyl adjacent to an activating group) is 1. The summed E-state index contributed by atoms with van der Waals surface area (Å²) >= 11 is 0. The van der Waals surface area contributed by atoms with Gasteiger partial charge in [-0.1, -0.05) is 307 Å². The third kappa shape index (κ3) is 67.5. The van der Waals surface area contributed by atoms with Crippen LogP contribution in [0.5, 0.6) is 0 Å². The van der Waals surface area contributed by atoms with Crippen LogP contribution in [0.25, 0.3) is 0 Å². The minimum atomic E-state index is -4.62. The zero-order valence-corrected chi connectivity index (χ0v) is 56.1. The van der Waals surface area contributed by atoms with Crippen LogP contribution in [-0.2, 0) is 18.4 Å². The first kappa shape index (κ1) is 81.1. The Hall–Kier alpha value is -3.88. The lowest BCUT2D eigenvalue weighted by molar-refractivity contribution is -0.870. The average Bonchev–Trinajstić information content (AvgIpc) is 3.48. The number of hydrogen-bond donors (Lipinski definition) is 2. The average molecular weight is 1200 g/mol. The molecule has 0 rings (SSSR count). The van der Waals surface area contributed by atoms with Gasteiger partial charge in [0.05, 0.1) is 39.9 Å². The molecule has 0 saturated carbocycles. The van der Waals surface area contributed by atoms with E-state index in [1.807, 2.05) is 27.2 Å². The Morgan fingerprint density at radius 2 is 0.718 bits per heavy atom. The molecule has 0 aromatic rings. The van der Waals surface area contributed by atoms with E-state index in [0.29, 0.717) is 17.4 Å². The maximum Gasteiger partial charge on any atom is 0.268 e. The summed E-state index contributed by atoms with van der Waals surface area (Å²) in [5.41, 5.74) is 0. The Morgan fingerprint density at radius 1 is 0.424 bits per heavy atom. The largest absolute Gasteiger partial charge is 0.756 e. The van der Waals surface area contributed by atoms with Gasteiger partial charge in [-0.15, -0.1) is 0 Å². The van der Waals surface area contributed by atoms with Crippen molar-refractivity contribution in [1.82, 2.24) is 5.32 Å². The molecule has 0 aliphatic heterocycles. The van der Waals surface area contributed by atoms with Crippen LogP contribution in [-0.4, -0.2) is 68.5 Å². The number of allylic oxidation sites excluding steroid dienone is 25. The minimum absolute atomic E-state index is 0.0141. The molecule has 8 nitrogen and oxygen atoms in total. The lowest BCUT2D eigenvalue weighted by Gasteiger charge is -2.29. The molecule has 0 aromatic heterocycles. The molecule has 0 aliphatic carbocycles. The molecule has 0 fully saturated rings. The molecule has 9 heteroatoms. The van der Waals surface area contributed by atoms with Crippen molar-refractivity contribution >= 4 is 13.7 Å². The summed E-state index contributed by atoms with van der Waals surface area (Å²) < 4.78 is 23.4. The number of nitrogens with zero attached hydrogens (tertiary/aromatic N) is 1. The van der Waals surface area contributed by atoms with Crippen molar-refractivity contribution in [2.24, 2.45) is 0 Å². The third-order valence-corrected chi connectivity index (χ3v) is 15.5. The van der Waals surface area contributed by atoms with E-state index < -0.39 is 26.6 Å². The highest BCUT2D eigenvalue weighted by molar-refractivity contribution is 7.45. The van der Waals surface area contributed by atoms with Gasteiger partial charge < -0.3 is 28.8 Å². The van der Waals surface area contributed by atoms with Gasteiger partial charge in [-0.05, 0) is 109 Å². The first-order valence-electron chi connectivity index (χ1n) is 34.3. The van der Waals surface area contributed by atoms with Crippen molar-refractivity contribution in [2.75, 3.05) is 40.9 Å². The lowest BCUT2D eigenvalue weighted by Crippen LogP contribution is -2.45. The number of aliphatic hydroxyl groups is 1. The summed E-state index contributed by atoms with van der Waals surface area (Å²) in [7, 11) is 1.23. The van der Waals surface area contributed by atoms with Crippen LogP contribution in [0.15, 0.2) is 158 Å². The number of amides is 1. The van der Waals surface area contributed by atoms with Crippen molar-refractivity contribution in [2.45, 2.75) is 276 Å². The molecule has 484 valence electrons. The fourth-order valence-corrected chi connectivity index (χ4v) is 9.92. The number of aliphatic hydroxyl groups excluding tert-OH is 1. The summed E-state index contributed by atoms with van der Waals surface area (Å²) in [6.45, 7) is 4.52. The molecule has 3 atom stereocenters. The van der Waals surface area contributed by atoms with Crippen molar-refractivity contribution in [1.29, 1.82) is 0 Å². The van der Waals surface area contributed by atoms with Gasteiger partial charge in [-0.25, -0.2) is 0 Å². The molecule has 0 heterocycles. The highest BCUT2D eigenvalue weighted by Gasteiger charge is 2.23. The number of hydrogen-bond acceptors (Lipinski definition) is 6. The number of carbonyl (C=O) groups excluding carboxylic acids is 1. The lowest BCUT2D eigenvalue weighted by atomic mass is 10.0. The number of unbranched alkanes of at least 4 members (excludes halogenated alkanes) is 24. The number of quaternary nitrogens is 1. The summed E-state index contributed by atoms with van der Waals surface area (Å²) in [5, 5.41) is 13.9. The normalized spacial score (nSPS) is 14.7. The van der Waals surface area contributed by atoms with E-state index in [-0.39, 0.29) is 12.5 Å². The molecule has 85 heavy (non-hydrogen) atoms. The first-order valence-corrected chi connectivity index (χ1v) is 35.8. The van der Waals surface area contributed by atoms with Gasteiger partial charge in [0, 0.05) is 6.42 Å². The Kier molecular flexibility index (Phi) is 61.6. The maximum absolute atomic E-state index is 13.0. The van der Waals surface area contributed by atoms with E-state index >= 15 is 0 Å². The monoisotopic (exact) mass is 1200 g/mol. The standard InChI is InChI=1S/C76H129N2O6P/c1-6-8-10-12-14-16-18-20-22-24-26-28-30-31-32-33-34-35-36-37-38-39-40-41-42-43-44-45-46-47-48-50-52-54-56-58-60-62-64-66-68-70-76(80)77-74(73-84-85(81,82)83-72-71-78(3,4)5)75(79)69-67-65-63-61-59-57-55-53-51-49-29-27-25-23-21-19-17-15-13-11-9-7-2/h8,10,14,16,20,22,26,28,31-32,34-35,37-38,40-41,43-44,46-47,50,52,56,58,67,69,74-75,79H,6-7,9,11-13,15,17-19,21,23-25,27,29-30,33,36,39,42,45,48-49,51,53-55,57,59-66,68,70-73H2,1-5H3,(H-,77,80,81,82)/b10-8-,16-14-,22-20-,28-26-,32-31-,35-34-,38-37-,41-40-,44-43-,47-46-,52-50-,58-56-,69-67+. The fourth-order valence-electron chi connectivity index (χ4n) is 9.19. The van der Waals surface area contributed by atoms with E-state index in [0.717, 1.165) is 128 Å². The smallest absolute Gasteiger partial charge is 0.268 e. The molecule has 2 N–H and O–H groups in total. The van der Waals surface area contributed by atoms with E-state index in [2.05, 4.69) is 165 Å². The second-order valence-corrected chi connectivity index (χ2v) is 25.2. The quantitative estimate of drug-likeness (QED) is 0.0272. The van der Waals surface area contributed by atoms with Crippen LogP contribution >= 0.6 is 7.82 Å². The number of phosphoric ester groups is 1. The first-order chi connectivity index (χ1) is 41.5. The molecule has 0 aliphatic rings. The molecular formula is C76H129N2O6P. The highest BCUT2D eigenvalue weighted by Crippen LogP contribution is 2.38. The van der Waals surface area contributed by atoms with E-state index in [4.69, 9.17) is 9.05 Å². The van der Waals surface area contributed by atoms with Crippen molar-refractivity contribution in [3.8, 4) is 0 Å². The van der Waals surface area contributed by atoms with Crippen LogP contribution in [0.3, 0.4) is 0 Å². The van der Waals surface area contributed by atoms with Gasteiger partial charge in [0.1, 0.15) is 13.2 Å². The van der Waals surface area contributed by atoms with Crippen molar-refractivity contribution in [3.05, 3.63) is 158 Å². The molecule has 1 amide bonds. The number of rotatable bonds is 61. The van der Waals surface area contributed by atoms with Gasteiger partial charge in [0.2, 0.25) is 5.91 Å². The van der Waals surface area contributed by atoms with Crippen molar-refractivity contribution < 1.29 is 32.9 Å². The number of carbonyl (C=O) groups is 1. The molecule has 0 radical (unpaired) electrons. The summed E-state index contributed by atoms with van der Waals surface area (Å²) in [6, 6.07) is -0.913. The maximum atomic E-state index is 13.0. The van der Waals surface area contributed by atoms with E-state index in [9.17, 15) is 19.4 Å². The van der Waals surface area contributed by atoms with E-state index in [1.165, 1.54) is 116 Å². The minimum Gasteiger partial charge on any atom is -0.756 e. The second kappa shape index (κ2) is 64.6. The van der Waals surface area contributed by atoms with Crippen LogP contribution in [0.1, 0.15) is 264 Å². The predicted octanol–water partition coefficient (Wildman–Crippen LogP) is 21.5. The molecule has 0 saturated heterocycles. The summed E-state index contributed by atoms with van der Waals surface area (Å²) in [4.78, 5) is 25.6. The van der Waals surface area contributed by atoms with Crippen LogP contribution in [0.2, 0.25) is 0 Å². The Balaban J connectivity index is 4.22.